The Kier molecular flexibility index (Phi) is 3.74. The molecule has 0 bridgehead atoms. The second kappa shape index (κ2) is 4.46. The van der Waals surface area contributed by atoms with Crippen LogP contribution in [0.2, 0.25) is 0 Å². The first-order valence-electron chi connectivity index (χ1n) is 4.36. The molecular weight excluding hydrogens is 293 g/mol. The third-order valence-electron chi connectivity index (χ3n) is 2.24. The molecule has 0 heterocycles. The van der Waals surface area contributed by atoms with Gasteiger partial charge in [-0.1, -0.05) is 6.07 Å². The van der Waals surface area contributed by atoms with E-state index >= 15 is 0 Å². The van der Waals surface area contributed by atoms with E-state index in [1.54, 1.807) is 12.1 Å². The fourth-order valence-corrected chi connectivity index (χ4v) is 1.75. The predicted octanol–water partition coefficient (Wildman–Crippen LogP) is 1.55. The lowest BCUT2D eigenvalue weighted by molar-refractivity contribution is 0.247. The highest BCUT2D eigenvalue weighted by molar-refractivity contribution is 14.1. The molecule has 0 amide bonds. The van der Waals surface area contributed by atoms with E-state index in [0.717, 1.165) is 9.13 Å². The van der Waals surface area contributed by atoms with Gasteiger partial charge in [-0.2, -0.15) is 0 Å². The summed E-state index contributed by atoms with van der Waals surface area (Å²) in [4.78, 5) is 0. The van der Waals surface area contributed by atoms with E-state index in [9.17, 15) is 5.11 Å². The molecule has 0 radical (unpaired) electrons. The van der Waals surface area contributed by atoms with Crippen LogP contribution in [0, 0.1) is 3.57 Å². The number of rotatable bonds is 3. The summed E-state index contributed by atoms with van der Waals surface area (Å²) in [5.74, 6) is 0.258. The maximum Gasteiger partial charge on any atom is 0.128 e. The summed E-state index contributed by atoms with van der Waals surface area (Å²) in [7, 11) is 0. The van der Waals surface area contributed by atoms with Crippen LogP contribution in [0.3, 0.4) is 0 Å². The van der Waals surface area contributed by atoms with Crippen LogP contribution in [0.25, 0.3) is 0 Å². The topological polar surface area (TPSA) is 66.5 Å². The van der Waals surface area contributed by atoms with Crippen LogP contribution in [0.5, 0.6) is 5.75 Å². The van der Waals surface area contributed by atoms with E-state index < -0.39 is 5.54 Å². The smallest absolute Gasteiger partial charge is 0.128 e. The molecule has 0 saturated heterocycles. The first-order chi connectivity index (χ1) is 6.47. The lowest BCUT2D eigenvalue weighted by atomic mass is 9.90. The highest BCUT2D eigenvalue weighted by Gasteiger charge is 2.20. The van der Waals surface area contributed by atoms with Crippen molar-refractivity contribution in [3.8, 4) is 5.75 Å². The molecule has 0 saturated carbocycles. The first-order valence-corrected chi connectivity index (χ1v) is 5.44. The van der Waals surface area contributed by atoms with Crippen molar-refractivity contribution in [3.63, 3.8) is 0 Å². The zero-order chi connectivity index (χ0) is 10.8. The van der Waals surface area contributed by atoms with Crippen molar-refractivity contribution in [1.29, 1.82) is 0 Å². The van der Waals surface area contributed by atoms with E-state index in [0.29, 0.717) is 6.42 Å². The number of hydrogen-bond donors (Lipinski definition) is 3. The number of aliphatic hydroxyl groups is 1. The van der Waals surface area contributed by atoms with Crippen molar-refractivity contribution in [2.24, 2.45) is 5.73 Å². The molecule has 0 fully saturated rings. The van der Waals surface area contributed by atoms with Crippen LogP contribution < -0.4 is 5.73 Å². The molecule has 78 valence electrons. The van der Waals surface area contributed by atoms with Gasteiger partial charge in [0.2, 0.25) is 0 Å². The molecule has 0 aromatic heterocycles. The Bertz CT molecular complexity index is 326. The number of phenolic OH excluding ortho intramolecular Hbond substituents is 1. The summed E-state index contributed by atoms with van der Waals surface area (Å²) in [5, 5.41) is 18.2. The van der Waals surface area contributed by atoms with Gasteiger partial charge in [0.05, 0.1) is 3.57 Å². The zero-order valence-corrected chi connectivity index (χ0v) is 10.2. The Labute approximate surface area is 97.1 Å². The van der Waals surface area contributed by atoms with Gasteiger partial charge in [-0.05, 0) is 53.6 Å². The molecule has 0 aliphatic rings. The van der Waals surface area contributed by atoms with Gasteiger partial charge in [0.1, 0.15) is 5.75 Å². The van der Waals surface area contributed by atoms with Crippen molar-refractivity contribution < 1.29 is 10.2 Å². The third kappa shape index (κ3) is 2.59. The number of aromatic hydroxyl groups is 1. The number of halogens is 1. The Morgan fingerprint density at radius 2 is 2.14 bits per heavy atom. The number of nitrogens with two attached hydrogens (primary N) is 1. The molecule has 3 nitrogen and oxygen atoms in total. The monoisotopic (exact) mass is 307 g/mol. The van der Waals surface area contributed by atoms with Crippen LogP contribution in [-0.4, -0.2) is 16.8 Å². The zero-order valence-electron chi connectivity index (χ0n) is 8.00. The fourth-order valence-electron chi connectivity index (χ4n) is 1.24. The highest BCUT2D eigenvalue weighted by atomic mass is 127. The number of aliphatic hydroxyl groups excluding tert-OH is 1. The minimum absolute atomic E-state index is 0.0600. The molecule has 4 N–H and O–H groups in total. The Hall–Kier alpha value is -0.330. The molecule has 1 atom stereocenters. The van der Waals surface area contributed by atoms with Gasteiger partial charge in [-0.3, -0.25) is 0 Å². The standard InChI is InChI=1S/C10H14INO2/c1-10(12,4-5-13)7-2-3-9(14)8(11)6-7/h2-3,6,13-14H,4-5,12H2,1H3/t10-/m1/s1. The van der Waals surface area contributed by atoms with Gasteiger partial charge < -0.3 is 15.9 Å². The fraction of sp³-hybridized carbons (Fsp3) is 0.400. The normalized spacial score (nSPS) is 15.1. The average molecular weight is 307 g/mol. The van der Waals surface area contributed by atoms with E-state index in [2.05, 4.69) is 22.6 Å². The van der Waals surface area contributed by atoms with Crippen molar-refractivity contribution in [3.05, 3.63) is 27.3 Å². The van der Waals surface area contributed by atoms with E-state index in [1.807, 2.05) is 13.0 Å². The second-order valence-corrected chi connectivity index (χ2v) is 4.72. The minimum atomic E-state index is -0.539. The predicted molar refractivity (Wildman–Crippen MR) is 64.1 cm³/mol. The van der Waals surface area contributed by atoms with Gasteiger partial charge in [0.15, 0.2) is 0 Å². The van der Waals surface area contributed by atoms with Crippen LogP contribution in [0.1, 0.15) is 18.9 Å². The van der Waals surface area contributed by atoms with Crippen molar-refractivity contribution in [2.45, 2.75) is 18.9 Å². The van der Waals surface area contributed by atoms with E-state index in [1.165, 1.54) is 0 Å². The molecule has 0 aliphatic heterocycles. The summed E-state index contributed by atoms with van der Waals surface area (Å²) in [6.45, 7) is 1.93. The van der Waals surface area contributed by atoms with Crippen LogP contribution in [0.15, 0.2) is 18.2 Å². The van der Waals surface area contributed by atoms with Gasteiger partial charge in [-0.15, -0.1) is 0 Å². The lowest BCUT2D eigenvalue weighted by Crippen LogP contribution is -2.34. The Morgan fingerprint density at radius 3 is 2.64 bits per heavy atom. The summed E-state index contributed by atoms with van der Waals surface area (Å²) in [5.41, 5.74) is 6.41. The van der Waals surface area contributed by atoms with E-state index in [-0.39, 0.29) is 12.4 Å². The first kappa shape index (κ1) is 11.7. The summed E-state index contributed by atoms with van der Waals surface area (Å²) in [6.07, 6.45) is 0.508. The number of phenols is 1. The van der Waals surface area contributed by atoms with Crippen molar-refractivity contribution in [2.75, 3.05) is 6.61 Å². The van der Waals surface area contributed by atoms with Crippen LogP contribution >= 0.6 is 22.6 Å². The molecule has 0 aliphatic carbocycles. The quantitative estimate of drug-likeness (QED) is 0.742. The summed E-state index contributed by atoms with van der Waals surface area (Å²) in [6, 6.07) is 5.25. The van der Waals surface area contributed by atoms with Gasteiger partial charge in [-0.25, -0.2) is 0 Å². The molecule has 4 heteroatoms. The molecule has 14 heavy (non-hydrogen) atoms. The largest absolute Gasteiger partial charge is 0.507 e. The van der Waals surface area contributed by atoms with Gasteiger partial charge in [0, 0.05) is 12.1 Å². The molecule has 1 aromatic carbocycles. The summed E-state index contributed by atoms with van der Waals surface area (Å²) >= 11 is 2.05. The van der Waals surface area contributed by atoms with E-state index in [4.69, 9.17) is 10.8 Å². The maximum absolute atomic E-state index is 9.34. The summed E-state index contributed by atoms with van der Waals surface area (Å²) < 4.78 is 0.773. The maximum atomic E-state index is 9.34. The van der Waals surface area contributed by atoms with Crippen molar-refractivity contribution in [1.82, 2.24) is 0 Å². The Morgan fingerprint density at radius 1 is 1.50 bits per heavy atom. The second-order valence-electron chi connectivity index (χ2n) is 3.56. The number of benzene rings is 1. The molecule has 0 spiro atoms. The Balaban J connectivity index is 3.01. The number of hydrogen-bond acceptors (Lipinski definition) is 3. The van der Waals surface area contributed by atoms with Crippen LogP contribution in [0.4, 0.5) is 0 Å². The highest BCUT2D eigenvalue weighted by Crippen LogP contribution is 2.27. The minimum Gasteiger partial charge on any atom is -0.507 e. The lowest BCUT2D eigenvalue weighted by Gasteiger charge is -2.24. The van der Waals surface area contributed by atoms with Gasteiger partial charge in [0.25, 0.3) is 0 Å². The SMILES string of the molecule is C[C@@](N)(CCO)c1ccc(O)c(I)c1. The van der Waals surface area contributed by atoms with Gasteiger partial charge >= 0.3 is 0 Å². The molecular formula is C10H14INO2. The average Bonchev–Trinajstić information content (AvgIpc) is 2.09. The molecule has 1 rings (SSSR count). The molecule has 1 aromatic rings. The third-order valence-corrected chi connectivity index (χ3v) is 3.10. The van der Waals surface area contributed by atoms with Crippen LogP contribution in [-0.2, 0) is 5.54 Å². The van der Waals surface area contributed by atoms with Crippen molar-refractivity contribution >= 4 is 22.6 Å². The molecule has 0 unspecified atom stereocenters.